The first-order valence-electron chi connectivity index (χ1n) is 17.4. The maximum Gasteiger partial charge on any atom is 0.160 e. The molecule has 1 spiro atoms. The van der Waals surface area contributed by atoms with Crippen LogP contribution in [0.2, 0.25) is 0 Å². The summed E-state index contributed by atoms with van der Waals surface area (Å²) in [5.41, 5.74) is 13.8. The van der Waals surface area contributed by atoms with Gasteiger partial charge in [-0.2, -0.15) is 0 Å². The molecule has 0 saturated heterocycles. The van der Waals surface area contributed by atoms with Crippen molar-refractivity contribution in [2.45, 2.75) is 37.5 Å². The molecule has 2 heterocycles. The number of thiophene rings is 1. The van der Waals surface area contributed by atoms with Gasteiger partial charge in [-0.25, -0.2) is 9.97 Å². The number of nitrogens with zero attached hydrogens (tertiary/aromatic N) is 2. The van der Waals surface area contributed by atoms with Crippen LogP contribution in [0, 0.1) is 0 Å². The van der Waals surface area contributed by atoms with Crippen LogP contribution in [-0.4, -0.2) is 9.97 Å². The molecule has 1 saturated carbocycles. The zero-order valence-electron chi connectivity index (χ0n) is 27.2. The molecule has 1 fully saturated rings. The van der Waals surface area contributed by atoms with Crippen LogP contribution in [0.5, 0.6) is 0 Å². The Morgan fingerprint density at radius 2 is 1.00 bits per heavy atom. The average molecular weight is 647 g/mol. The summed E-state index contributed by atoms with van der Waals surface area (Å²) in [4.78, 5) is 10.1. The summed E-state index contributed by atoms with van der Waals surface area (Å²) < 4.78 is 2.60. The number of benzene rings is 6. The highest BCUT2D eigenvalue weighted by Crippen LogP contribution is 2.56. The smallest absolute Gasteiger partial charge is 0.160 e. The topological polar surface area (TPSA) is 25.8 Å². The molecule has 0 amide bonds. The number of rotatable bonds is 4. The molecule has 2 aliphatic rings. The van der Waals surface area contributed by atoms with Gasteiger partial charge in [-0.3, -0.25) is 0 Å². The van der Waals surface area contributed by atoms with E-state index in [-0.39, 0.29) is 5.41 Å². The van der Waals surface area contributed by atoms with E-state index in [9.17, 15) is 0 Å². The molecule has 0 unspecified atom stereocenters. The number of fused-ring (bicyclic) bond motifs is 8. The second-order valence-electron chi connectivity index (χ2n) is 13.7. The fourth-order valence-corrected chi connectivity index (χ4v) is 9.58. The molecule has 0 radical (unpaired) electrons. The second-order valence-corrected chi connectivity index (χ2v) is 14.8. The van der Waals surface area contributed by atoms with Crippen LogP contribution in [0.25, 0.3) is 76.3 Å². The van der Waals surface area contributed by atoms with E-state index in [0.717, 1.165) is 33.9 Å². The van der Waals surface area contributed by atoms with Crippen molar-refractivity contribution in [3.8, 4) is 56.2 Å². The average Bonchev–Trinajstić information content (AvgIpc) is 3.67. The van der Waals surface area contributed by atoms with Crippen molar-refractivity contribution in [1.29, 1.82) is 0 Å². The molecule has 6 aromatic carbocycles. The third-order valence-corrected chi connectivity index (χ3v) is 12.1. The number of hydrogen-bond acceptors (Lipinski definition) is 3. The Morgan fingerprint density at radius 1 is 0.429 bits per heavy atom. The van der Waals surface area contributed by atoms with Gasteiger partial charge in [0.15, 0.2) is 5.82 Å². The summed E-state index contributed by atoms with van der Waals surface area (Å²) in [6, 6.07) is 53.1. The fraction of sp³-hybridized carbons (Fsp3) is 0.130. The Hall–Kier alpha value is -5.38. The molecule has 3 heteroatoms. The van der Waals surface area contributed by atoms with E-state index >= 15 is 0 Å². The molecule has 0 N–H and O–H groups in total. The van der Waals surface area contributed by atoms with Crippen LogP contribution in [0.4, 0.5) is 0 Å². The molecule has 0 aliphatic heterocycles. The monoisotopic (exact) mass is 646 g/mol. The molecule has 49 heavy (non-hydrogen) atoms. The highest BCUT2D eigenvalue weighted by molar-refractivity contribution is 7.25. The Labute approximate surface area is 290 Å². The van der Waals surface area contributed by atoms with Crippen molar-refractivity contribution in [2.75, 3.05) is 0 Å². The lowest BCUT2D eigenvalue weighted by Crippen LogP contribution is -2.28. The Bertz CT molecular complexity index is 2470. The van der Waals surface area contributed by atoms with Gasteiger partial charge in [-0.1, -0.05) is 128 Å². The largest absolute Gasteiger partial charge is 0.228 e. The maximum absolute atomic E-state index is 5.12. The molecule has 2 aliphatic carbocycles. The van der Waals surface area contributed by atoms with Crippen molar-refractivity contribution in [3.05, 3.63) is 157 Å². The Morgan fingerprint density at radius 3 is 1.76 bits per heavy atom. The van der Waals surface area contributed by atoms with E-state index in [2.05, 4.69) is 121 Å². The summed E-state index contributed by atoms with van der Waals surface area (Å²) in [5.74, 6) is 0.740. The minimum atomic E-state index is 0.156. The van der Waals surface area contributed by atoms with Gasteiger partial charge in [0.1, 0.15) is 0 Å². The number of hydrogen-bond donors (Lipinski definition) is 0. The lowest BCUT2D eigenvalue weighted by molar-refractivity contribution is 0.353. The van der Waals surface area contributed by atoms with Gasteiger partial charge in [0.05, 0.1) is 11.4 Å². The summed E-state index contributed by atoms with van der Waals surface area (Å²) in [6.45, 7) is 0. The van der Waals surface area contributed by atoms with E-state index in [0.29, 0.717) is 0 Å². The van der Waals surface area contributed by atoms with Gasteiger partial charge in [0, 0.05) is 42.3 Å². The molecule has 8 aromatic rings. The lowest BCUT2D eigenvalue weighted by Gasteiger charge is -2.36. The van der Waals surface area contributed by atoms with Crippen molar-refractivity contribution < 1.29 is 0 Å². The minimum Gasteiger partial charge on any atom is -0.228 e. The summed E-state index contributed by atoms with van der Waals surface area (Å²) in [5, 5.41) is 2.58. The normalized spacial score (nSPS) is 14.7. The van der Waals surface area contributed by atoms with Crippen molar-refractivity contribution in [3.63, 3.8) is 0 Å². The standard InChI is InChI=1S/C46H34N2S/c1-4-12-30(13-5-1)41-29-42(48-45(47-41)31-14-6-2-7-15-31)34-20-23-44-38(27-34)37-26-32(19-22-43(37)49-44)33-18-21-36-35-16-8-9-17-39(35)46(40(36)28-33)24-10-3-11-25-46/h1-2,4-9,12-23,26-29H,3,10-11,24-25H2. The zero-order chi connectivity index (χ0) is 32.4. The third kappa shape index (κ3) is 4.68. The van der Waals surface area contributed by atoms with Crippen LogP contribution in [0.3, 0.4) is 0 Å². The van der Waals surface area contributed by atoms with Crippen LogP contribution in [0.1, 0.15) is 43.2 Å². The first-order valence-corrected chi connectivity index (χ1v) is 18.3. The van der Waals surface area contributed by atoms with Crippen LogP contribution in [-0.2, 0) is 5.41 Å². The summed E-state index contributed by atoms with van der Waals surface area (Å²) in [6.07, 6.45) is 6.45. The molecule has 0 atom stereocenters. The molecular weight excluding hydrogens is 613 g/mol. The van der Waals surface area contributed by atoms with Gasteiger partial charge in [0.2, 0.25) is 0 Å². The molecule has 2 nitrogen and oxygen atoms in total. The molecule has 2 aromatic heterocycles. The molecule has 0 bridgehead atoms. The van der Waals surface area contributed by atoms with Crippen LogP contribution in [0.15, 0.2) is 146 Å². The van der Waals surface area contributed by atoms with E-state index in [1.807, 2.05) is 35.6 Å². The Kier molecular flexibility index (Phi) is 6.63. The quantitative estimate of drug-likeness (QED) is 0.190. The van der Waals surface area contributed by atoms with Crippen LogP contribution < -0.4 is 0 Å². The first-order chi connectivity index (χ1) is 24.2. The predicted molar refractivity (Wildman–Crippen MR) is 206 cm³/mol. The predicted octanol–water partition coefficient (Wildman–Crippen LogP) is 12.7. The molecular formula is C46H34N2S. The van der Waals surface area contributed by atoms with E-state index in [1.54, 1.807) is 5.56 Å². The van der Waals surface area contributed by atoms with Gasteiger partial charge in [-0.05, 0) is 82.6 Å². The number of aromatic nitrogens is 2. The second kappa shape index (κ2) is 11.4. The SMILES string of the molecule is c1ccc(-c2cc(-c3ccc4sc5ccc(-c6ccc7c(c6)C6(CCCCC6)c6ccccc6-7)cc5c4c3)nc(-c3ccccc3)n2)cc1. The van der Waals surface area contributed by atoms with Crippen molar-refractivity contribution >= 4 is 31.5 Å². The summed E-state index contributed by atoms with van der Waals surface area (Å²) in [7, 11) is 0. The van der Waals surface area contributed by atoms with Crippen LogP contribution >= 0.6 is 11.3 Å². The van der Waals surface area contributed by atoms with E-state index in [1.165, 1.54) is 80.1 Å². The van der Waals surface area contributed by atoms with Gasteiger partial charge in [0.25, 0.3) is 0 Å². The molecule has 234 valence electrons. The highest BCUT2D eigenvalue weighted by atomic mass is 32.1. The molecule has 10 rings (SSSR count). The van der Waals surface area contributed by atoms with Gasteiger partial charge in [-0.15, -0.1) is 11.3 Å². The van der Waals surface area contributed by atoms with Gasteiger partial charge < -0.3 is 0 Å². The van der Waals surface area contributed by atoms with Crippen molar-refractivity contribution in [1.82, 2.24) is 9.97 Å². The lowest BCUT2D eigenvalue weighted by atomic mass is 9.67. The fourth-order valence-electron chi connectivity index (χ4n) is 8.51. The minimum absolute atomic E-state index is 0.156. The van der Waals surface area contributed by atoms with E-state index < -0.39 is 0 Å². The van der Waals surface area contributed by atoms with E-state index in [4.69, 9.17) is 9.97 Å². The zero-order valence-corrected chi connectivity index (χ0v) is 28.0. The maximum atomic E-state index is 5.12. The Balaban J connectivity index is 1.10. The van der Waals surface area contributed by atoms with Crippen molar-refractivity contribution in [2.24, 2.45) is 0 Å². The third-order valence-electron chi connectivity index (χ3n) is 10.9. The summed E-state index contributed by atoms with van der Waals surface area (Å²) >= 11 is 1.87. The first kappa shape index (κ1) is 28.6. The highest BCUT2D eigenvalue weighted by Gasteiger charge is 2.43. The van der Waals surface area contributed by atoms with Gasteiger partial charge >= 0.3 is 0 Å².